The number of pyridine rings is 1. The number of nitrogens with one attached hydrogen (secondary N) is 3. The quantitative estimate of drug-likeness (QED) is 0.532. The number of rotatable bonds is 7. The summed E-state index contributed by atoms with van der Waals surface area (Å²) in [5.41, 5.74) is 7.31. The molecule has 0 radical (unpaired) electrons. The summed E-state index contributed by atoms with van der Waals surface area (Å²) in [7, 11) is 0. The van der Waals surface area contributed by atoms with Gasteiger partial charge in [-0.1, -0.05) is 17.7 Å². The molecule has 3 atom stereocenters. The number of hydrogen-bond acceptors (Lipinski definition) is 6. The van der Waals surface area contributed by atoms with Gasteiger partial charge in [-0.15, -0.1) is 11.3 Å². The second-order valence-corrected chi connectivity index (χ2v) is 9.20. The van der Waals surface area contributed by atoms with Crippen LogP contribution in [0.3, 0.4) is 0 Å². The molecular formula is C20H26ClN5O2S. The topological polar surface area (TPSA) is 109 Å². The second-order valence-electron chi connectivity index (χ2n) is 7.40. The fourth-order valence-electron chi connectivity index (χ4n) is 3.42. The fraction of sp³-hybridized carbons (Fsp3) is 0.450. The summed E-state index contributed by atoms with van der Waals surface area (Å²) in [5, 5.41) is 8.89. The summed E-state index contributed by atoms with van der Waals surface area (Å²) in [6.45, 7) is 4.64. The van der Waals surface area contributed by atoms with Gasteiger partial charge in [-0.05, 0) is 62.9 Å². The molecule has 3 heterocycles. The summed E-state index contributed by atoms with van der Waals surface area (Å²) >= 11 is 7.56. The van der Waals surface area contributed by atoms with E-state index in [1.807, 2.05) is 25.1 Å². The van der Waals surface area contributed by atoms with Crippen LogP contribution in [0.25, 0.3) is 0 Å². The van der Waals surface area contributed by atoms with Gasteiger partial charge >= 0.3 is 0 Å². The van der Waals surface area contributed by atoms with Crippen molar-refractivity contribution in [2.45, 2.75) is 45.3 Å². The maximum absolute atomic E-state index is 12.5. The van der Waals surface area contributed by atoms with Gasteiger partial charge in [0.1, 0.15) is 11.9 Å². The van der Waals surface area contributed by atoms with Crippen molar-refractivity contribution in [1.82, 2.24) is 20.9 Å². The van der Waals surface area contributed by atoms with Crippen LogP contribution in [-0.2, 0) is 22.6 Å². The van der Waals surface area contributed by atoms with Crippen molar-refractivity contribution in [2.24, 2.45) is 5.92 Å². The zero-order valence-corrected chi connectivity index (χ0v) is 18.1. The molecule has 7 nitrogen and oxygen atoms in total. The van der Waals surface area contributed by atoms with Gasteiger partial charge in [0, 0.05) is 17.1 Å². The standard InChI is InChI=1S/C20H26ClN5O2S/c1-11-14(3-6-18(22)25-11)10-24-19(27)12(2)26-20(28)16-8-13(9-23-16)7-15-4-5-17(21)29-15/h3-6,12-13,16,23H,7-10H2,1-2H3,(H2,22,25)(H,24,27)(H,26,28)/t12-,13-,16+/m0/s1. The molecule has 0 spiro atoms. The van der Waals surface area contributed by atoms with Gasteiger partial charge in [0.15, 0.2) is 0 Å². The molecule has 0 saturated carbocycles. The van der Waals surface area contributed by atoms with Crippen LogP contribution in [0, 0.1) is 12.8 Å². The van der Waals surface area contributed by atoms with E-state index in [0.717, 1.165) is 35.0 Å². The van der Waals surface area contributed by atoms with Crippen LogP contribution >= 0.6 is 22.9 Å². The Kier molecular flexibility index (Phi) is 7.10. The highest BCUT2D eigenvalue weighted by atomic mass is 35.5. The molecule has 2 aromatic rings. The Morgan fingerprint density at radius 1 is 1.38 bits per heavy atom. The van der Waals surface area contributed by atoms with Crippen molar-refractivity contribution in [3.63, 3.8) is 0 Å². The molecule has 0 aromatic carbocycles. The molecule has 0 unspecified atom stereocenters. The predicted octanol–water partition coefficient (Wildman–Crippen LogP) is 2.03. The Bertz CT molecular complexity index is 888. The maximum atomic E-state index is 12.5. The number of hydrogen-bond donors (Lipinski definition) is 4. The SMILES string of the molecule is Cc1nc(N)ccc1CNC(=O)[C@H](C)NC(=O)[C@H]1C[C@H](Cc2ccc(Cl)s2)CN1. The molecular weight excluding hydrogens is 410 g/mol. The highest BCUT2D eigenvalue weighted by Gasteiger charge is 2.31. The normalized spacial score (nSPS) is 19.7. The largest absolute Gasteiger partial charge is 0.384 e. The molecule has 1 fully saturated rings. The number of aromatic nitrogens is 1. The number of carbonyl (C=O) groups is 2. The second kappa shape index (κ2) is 9.56. The lowest BCUT2D eigenvalue weighted by Gasteiger charge is -2.17. The van der Waals surface area contributed by atoms with Crippen molar-refractivity contribution in [3.8, 4) is 0 Å². The molecule has 2 amide bonds. The number of carbonyl (C=O) groups excluding carboxylic acids is 2. The van der Waals surface area contributed by atoms with E-state index in [9.17, 15) is 9.59 Å². The lowest BCUT2D eigenvalue weighted by Crippen LogP contribution is -2.50. The van der Waals surface area contributed by atoms with Crippen LogP contribution in [0.4, 0.5) is 5.82 Å². The fourth-order valence-corrected chi connectivity index (χ4v) is 4.62. The van der Waals surface area contributed by atoms with Crippen LogP contribution in [0.1, 0.15) is 29.5 Å². The van der Waals surface area contributed by atoms with Crippen LogP contribution in [-0.4, -0.2) is 35.4 Å². The van der Waals surface area contributed by atoms with Crippen molar-refractivity contribution < 1.29 is 9.59 Å². The monoisotopic (exact) mass is 435 g/mol. The van der Waals surface area contributed by atoms with Crippen LogP contribution < -0.4 is 21.7 Å². The number of nitrogens with zero attached hydrogens (tertiary/aromatic N) is 1. The van der Waals surface area contributed by atoms with E-state index in [0.29, 0.717) is 18.3 Å². The third-order valence-corrected chi connectivity index (χ3v) is 6.33. The van der Waals surface area contributed by atoms with E-state index in [4.69, 9.17) is 17.3 Å². The molecule has 9 heteroatoms. The molecule has 2 aromatic heterocycles. The zero-order chi connectivity index (χ0) is 21.0. The third kappa shape index (κ3) is 5.91. The van der Waals surface area contributed by atoms with E-state index < -0.39 is 6.04 Å². The number of aryl methyl sites for hydroxylation is 1. The molecule has 0 bridgehead atoms. The van der Waals surface area contributed by atoms with E-state index in [1.165, 1.54) is 4.88 Å². The number of amides is 2. The highest BCUT2D eigenvalue weighted by molar-refractivity contribution is 7.16. The molecule has 5 N–H and O–H groups in total. The van der Waals surface area contributed by atoms with Crippen molar-refractivity contribution in [3.05, 3.63) is 44.7 Å². The molecule has 1 saturated heterocycles. The van der Waals surface area contributed by atoms with Crippen molar-refractivity contribution in [2.75, 3.05) is 12.3 Å². The molecule has 29 heavy (non-hydrogen) atoms. The summed E-state index contributed by atoms with van der Waals surface area (Å²) in [6, 6.07) is 6.56. The van der Waals surface area contributed by atoms with E-state index in [1.54, 1.807) is 24.3 Å². The Morgan fingerprint density at radius 2 is 2.17 bits per heavy atom. The summed E-state index contributed by atoms with van der Waals surface area (Å²) in [4.78, 5) is 30.3. The number of halogens is 1. The molecule has 0 aliphatic carbocycles. The Balaban J connectivity index is 1.44. The number of nitrogens with two attached hydrogens (primary N) is 1. The number of anilines is 1. The van der Waals surface area contributed by atoms with Crippen LogP contribution in [0.15, 0.2) is 24.3 Å². The van der Waals surface area contributed by atoms with Gasteiger partial charge in [0.25, 0.3) is 0 Å². The van der Waals surface area contributed by atoms with Gasteiger partial charge in [0.05, 0.1) is 10.4 Å². The average Bonchev–Trinajstić information content (AvgIpc) is 3.30. The van der Waals surface area contributed by atoms with Crippen molar-refractivity contribution in [1.29, 1.82) is 0 Å². The first kappa shape index (κ1) is 21.5. The molecule has 156 valence electrons. The first-order chi connectivity index (χ1) is 13.8. The first-order valence-electron chi connectivity index (χ1n) is 9.59. The van der Waals surface area contributed by atoms with Crippen LogP contribution in [0.5, 0.6) is 0 Å². The minimum absolute atomic E-state index is 0.148. The van der Waals surface area contributed by atoms with Crippen molar-refractivity contribution >= 4 is 40.6 Å². The first-order valence-corrected chi connectivity index (χ1v) is 10.8. The smallest absolute Gasteiger partial charge is 0.242 e. The Morgan fingerprint density at radius 3 is 2.86 bits per heavy atom. The average molecular weight is 436 g/mol. The Hall–Kier alpha value is -2.16. The molecule has 3 rings (SSSR count). The zero-order valence-electron chi connectivity index (χ0n) is 16.5. The maximum Gasteiger partial charge on any atom is 0.242 e. The highest BCUT2D eigenvalue weighted by Crippen LogP contribution is 2.26. The van der Waals surface area contributed by atoms with E-state index >= 15 is 0 Å². The minimum atomic E-state index is -0.624. The van der Waals surface area contributed by atoms with Gasteiger partial charge in [0.2, 0.25) is 11.8 Å². The Labute approximate surface area is 179 Å². The summed E-state index contributed by atoms with van der Waals surface area (Å²) < 4.78 is 0.782. The number of thiophene rings is 1. The van der Waals surface area contributed by atoms with Gasteiger partial charge < -0.3 is 21.7 Å². The van der Waals surface area contributed by atoms with Gasteiger partial charge in [-0.3, -0.25) is 9.59 Å². The summed E-state index contributed by atoms with van der Waals surface area (Å²) in [5.74, 6) is 0.440. The molecule has 1 aliphatic rings. The summed E-state index contributed by atoms with van der Waals surface area (Å²) in [6.07, 6.45) is 1.64. The van der Waals surface area contributed by atoms with Gasteiger partial charge in [-0.2, -0.15) is 0 Å². The number of nitrogen functional groups attached to an aromatic ring is 1. The third-order valence-electron chi connectivity index (χ3n) is 5.08. The van der Waals surface area contributed by atoms with E-state index in [2.05, 4.69) is 20.9 Å². The molecule has 1 aliphatic heterocycles. The lowest BCUT2D eigenvalue weighted by molar-refractivity contribution is -0.129. The van der Waals surface area contributed by atoms with Crippen LogP contribution in [0.2, 0.25) is 4.34 Å². The lowest BCUT2D eigenvalue weighted by atomic mass is 10.0. The predicted molar refractivity (Wildman–Crippen MR) is 116 cm³/mol. The van der Waals surface area contributed by atoms with E-state index in [-0.39, 0.29) is 17.9 Å². The minimum Gasteiger partial charge on any atom is -0.384 e. The van der Waals surface area contributed by atoms with Gasteiger partial charge in [-0.25, -0.2) is 4.98 Å².